The fraction of sp³-hybridized carbons (Fsp3) is 0.143. The lowest BCUT2D eigenvalue weighted by Gasteiger charge is -2.21. The predicted molar refractivity (Wildman–Crippen MR) is 73.0 cm³/mol. The Labute approximate surface area is 114 Å². The Kier molecular flexibility index (Phi) is 3.77. The molecule has 0 saturated heterocycles. The van der Waals surface area contributed by atoms with Crippen LogP contribution in [0.3, 0.4) is 0 Å². The van der Waals surface area contributed by atoms with Crippen LogP contribution in [-0.2, 0) is 9.12 Å². The Bertz CT molecular complexity index is 527. The van der Waals surface area contributed by atoms with Crippen molar-refractivity contribution < 1.29 is 9.53 Å². The molecule has 3 nitrogen and oxygen atoms in total. The Morgan fingerprint density at radius 3 is 2.44 bits per heavy atom. The van der Waals surface area contributed by atoms with Crippen LogP contribution in [0.1, 0.15) is 11.1 Å². The summed E-state index contributed by atoms with van der Waals surface area (Å²) < 4.78 is 4.24. The van der Waals surface area contributed by atoms with Gasteiger partial charge in [-0.05, 0) is 29.3 Å². The zero-order chi connectivity index (χ0) is 13.0. The van der Waals surface area contributed by atoms with Gasteiger partial charge in [-0.15, -0.1) is 0 Å². The highest BCUT2D eigenvalue weighted by molar-refractivity contribution is 9.10. The molecule has 1 aromatic heterocycles. The average Bonchev–Trinajstić information content (AvgIpc) is 2.47. The molecule has 1 heterocycles. The molecule has 0 aliphatic carbocycles. The monoisotopic (exact) mass is 305 g/mol. The summed E-state index contributed by atoms with van der Waals surface area (Å²) in [5.74, 6) is 0.755. The topological polar surface area (TPSA) is 39.2 Å². The van der Waals surface area contributed by atoms with Gasteiger partial charge >= 0.3 is 0 Å². The molecule has 92 valence electrons. The molecule has 0 bridgehead atoms. The lowest BCUT2D eigenvalue weighted by Crippen LogP contribution is -2.21. The number of hydrogen-bond acceptors (Lipinski definition) is 3. The summed E-state index contributed by atoms with van der Waals surface area (Å²) in [7, 11) is 1.61. The smallest absolute Gasteiger partial charge is 0.145 e. The van der Waals surface area contributed by atoms with E-state index in [1.54, 1.807) is 25.6 Å². The van der Waals surface area contributed by atoms with Gasteiger partial charge < -0.3 is 9.53 Å². The van der Waals surface area contributed by atoms with Crippen molar-refractivity contribution in [1.82, 2.24) is 4.98 Å². The van der Waals surface area contributed by atoms with E-state index in [0.717, 1.165) is 23.2 Å². The first-order chi connectivity index (χ1) is 8.70. The predicted octanol–water partition coefficient (Wildman–Crippen LogP) is 2.93. The first-order valence-corrected chi connectivity index (χ1v) is 6.20. The highest BCUT2D eigenvalue weighted by Gasteiger charge is 2.31. The van der Waals surface area contributed by atoms with Crippen molar-refractivity contribution >= 4 is 22.2 Å². The first kappa shape index (κ1) is 12.8. The van der Waals surface area contributed by atoms with Crippen LogP contribution in [0.5, 0.6) is 5.75 Å². The molecule has 0 aliphatic rings. The summed E-state index contributed by atoms with van der Waals surface area (Å²) in [6, 6.07) is 11.0. The van der Waals surface area contributed by atoms with E-state index in [2.05, 4.69) is 20.9 Å². The number of halogens is 1. The van der Waals surface area contributed by atoms with Crippen LogP contribution < -0.4 is 4.74 Å². The number of benzene rings is 1. The molecule has 1 unspecified atom stereocenters. The minimum absolute atomic E-state index is 0.755. The van der Waals surface area contributed by atoms with Crippen molar-refractivity contribution in [1.29, 1.82) is 0 Å². The van der Waals surface area contributed by atoms with Gasteiger partial charge in [-0.25, -0.2) is 0 Å². The van der Waals surface area contributed by atoms with Crippen LogP contribution in [0, 0.1) is 0 Å². The Morgan fingerprint density at radius 1 is 1.22 bits per heavy atom. The van der Waals surface area contributed by atoms with Crippen molar-refractivity contribution in [3.63, 3.8) is 0 Å². The molecule has 0 radical (unpaired) electrons. The van der Waals surface area contributed by atoms with Gasteiger partial charge in [0.2, 0.25) is 0 Å². The number of aldehydes is 1. The van der Waals surface area contributed by atoms with Crippen LogP contribution >= 0.6 is 15.9 Å². The molecule has 2 aromatic rings. The van der Waals surface area contributed by atoms with Crippen molar-refractivity contribution in [2.24, 2.45) is 0 Å². The normalized spacial score (nSPS) is 13.7. The van der Waals surface area contributed by atoms with E-state index in [-0.39, 0.29) is 0 Å². The summed E-state index contributed by atoms with van der Waals surface area (Å²) in [5.41, 5.74) is 1.64. The average molecular weight is 306 g/mol. The number of alkyl halides is 1. The number of pyridine rings is 1. The number of ether oxygens (including phenoxy) is 1. The zero-order valence-corrected chi connectivity index (χ0v) is 11.4. The lowest BCUT2D eigenvalue weighted by atomic mass is 9.93. The van der Waals surface area contributed by atoms with Crippen molar-refractivity contribution in [2.45, 2.75) is 4.32 Å². The third-order valence-electron chi connectivity index (χ3n) is 2.75. The maximum Gasteiger partial charge on any atom is 0.145 e. The lowest BCUT2D eigenvalue weighted by molar-refractivity contribution is -0.109. The molecule has 1 atom stereocenters. The van der Waals surface area contributed by atoms with Crippen molar-refractivity contribution in [3.8, 4) is 5.75 Å². The van der Waals surface area contributed by atoms with E-state index in [9.17, 15) is 4.79 Å². The fourth-order valence-electron chi connectivity index (χ4n) is 1.71. The minimum atomic E-state index is -0.868. The first-order valence-electron chi connectivity index (χ1n) is 5.41. The Balaban J connectivity index is 2.46. The molecule has 18 heavy (non-hydrogen) atoms. The van der Waals surface area contributed by atoms with Gasteiger partial charge in [0.25, 0.3) is 0 Å². The maximum absolute atomic E-state index is 11.5. The molecular weight excluding hydrogens is 294 g/mol. The fourth-order valence-corrected chi connectivity index (χ4v) is 2.21. The highest BCUT2D eigenvalue weighted by Crippen LogP contribution is 2.36. The second-order valence-electron chi connectivity index (χ2n) is 3.80. The van der Waals surface area contributed by atoms with E-state index < -0.39 is 4.32 Å². The standard InChI is InChI=1S/C14H12BrNO2/c1-18-13-6-4-11(5-7-13)14(15,10-17)12-3-2-8-16-9-12/h2-10H,1H3. The van der Waals surface area contributed by atoms with Crippen LogP contribution in [0.4, 0.5) is 0 Å². The summed E-state index contributed by atoms with van der Waals surface area (Å²) in [5, 5.41) is 0. The molecule has 0 N–H and O–H groups in total. The van der Waals surface area contributed by atoms with Gasteiger partial charge in [-0.3, -0.25) is 4.98 Å². The molecule has 0 saturated carbocycles. The number of aromatic nitrogens is 1. The summed E-state index contributed by atoms with van der Waals surface area (Å²) >= 11 is 3.50. The van der Waals surface area contributed by atoms with Gasteiger partial charge in [0, 0.05) is 12.4 Å². The minimum Gasteiger partial charge on any atom is -0.497 e. The quantitative estimate of drug-likeness (QED) is 0.644. The third-order valence-corrected chi connectivity index (χ3v) is 3.86. The number of rotatable bonds is 4. The SMILES string of the molecule is COc1ccc(C(Br)(C=O)c2cccnc2)cc1. The molecule has 4 heteroatoms. The molecule has 0 fully saturated rings. The summed E-state index contributed by atoms with van der Waals surface area (Å²) in [6.45, 7) is 0. The van der Waals surface area contributed by atoms with Crippen LogP contribution in [0.2, 0.25) is 0 Å². The number of carbonyl (C=O) groups is 1. The van der Waals surface area contributed by atoms with Gasteiger partial charge in [0.05, 0.1) is 7.11 Å². The third kappa shape index (κ3) is 2.29. The van der Waals surface area contributed by atoms with Gasteiger partial charge in [-0.1, -0.05) is 34.1 Å². The zero-order valence-electron chi connectivity index (χ0n) is 9.84. The van der Waals surface area contributed by atoms with E-state index >= 15 is 0 Å². The molecule has 2 rings (SSSR count). The summed E-state index contributed by atoms with van der Waals surface area (Å²) in [6.07, 6.45) is 4.22. The van der Waals surface area contributed by atoms with E-state index in [1.165, 1.54) is 0 Å². The van der Waals surface area contributed by atoms with Crippen LogP contribution in [-0.4, -0.2) is 18.4 Å². The van der Waals surface area contributed by atoms with E-state index in [0.29, 0.717) is 0 Å². The summed E-state index contributed by atoms with van der Waals surface area (Å²) in [4.78, 5) is 15.5. The highest BCUT2D eigenvalue weighted by atomic mass is 79.9. The Morgan fingerprint density at radius 2 is 1.94 bits per heavy atom. The molecule has 0 amide bonds. The number of hydrogen-bond donors (Lipinski definition) is 0. The van der Waals surface area contributed by atoms with Gasteiger partial charge in [0.1, 0.15) is 16.4 Å². The molecule has 0 spiro atoms. The molecule has 1 aromatic carbocycles. The van der Waals surface area contributed by atoms with Crippen molar-refractivity contribution in [3.05, 3.63) is 59.9 Å². The number of nitrogens with zero attached hydrogens (tertiary/aromatic N) is 1. The molecular formula is C14H12BrNO2. The van der Waals surface area contributed by atoms with E-state index in [4.69, 9.17) is 4.74 Å². The Hall–Kier alpha value is -1.68. The van der Waals surface area contributed by atoms with E-state index in [1.807, 2.05) is 30.3 Å². The van der Waals surface area contributed by atoms with Crippen LogP contribution in [0.25, 0.3) is 0 Å². The van der Waals surface area contributed by atoms with Crippen LogP contribution in [0.15, 0.2) is 48.8 Å². The molecule has 0 aliphatic heterocycles. The number of methoxy groups -OCH3 is 1. The maximum atomic E-state index is 11.5. The second kappa shape index (κ2) is 5.31. The van der Waals surface area contributed by atoms with Crippen molar-refractivity contribution in [2.75, 3.05) is 7.11 Å². The van der Waals surface area contributed by atoms with Gasteiger partial charge in [0.15, 0.2) is 0 Å². The largest absolute Gasteiger partial charge is 0.497 e. The second-order valence-corrected chi connectivity index (χ2v) is 5.05. The van der Waals surface area contributed by atoms with Gasteiger partial charge in [-0.2, -0.15) is 0 Å². The number of carbonyl (C=O) groups excluding carboxylic acids is 1.